The van der Waals surface area contributed by atoms with Crippen LogP contribution in [-0.4, -0.2) is 28.9 Å². The van der Waals surface area contributed by atoms with E-state index in [-0.39, 0.29) is 12.1 Å². The molecule has 2 aromatic carbocycles. The van der Waals surface area contributed by atoms with Crippen LogP contribution in [0.4, 0.5) is 4.39 Å². The first-order valence-corrected chi connectivity index (χ1v) is 8.17. The number of carboxylic acid groups (broad SMARTS) is 1. The molecule has 6 nitrogen and oxygen atoms in total. The Bertz CT molecular complexity index is 848. The van der Waals surface area contributed by atoms with E-state index in [0.29, 0.717) is 11.1 Å². The van der Waals surface area contributed by atoms with Gasteiger partial charge in [0.25, 0.3) is 5.91 Å². The molecule has 27 heavy (non-hydrogen) atoms. The van der Waals surface area contributed by atoms with Gasteiger partial charge in [-0.3, -0.25) is 9.59 Å². The van der Waals surface area contributed by atoms with Gasteiger partial charge in [-0.1, -0.05) is 42.5 Å². The largest absolute Gasteiger partial charge is 0.480 e. The minimum Gasteiger partial charge on any atom is -0.480 e. The van der Waals surface area contributed by atoms with Crippen molar-refractivity contribution in [3.63, 3.8) is 0 Å². The Morgan fingerprint density at radius 2 is 1.70 bits per heavy atom. The second-order valence-electron chi connectivity index (χ2n) is 5.84. The molecular formula is C20H19FN2O4. The van der Waals surface area contributed by atoms with Gasteiger partial charge in [0.2, 0.25) is 5.91 Å². The Kier molecular flexibility index (Phi) is 6.82. The van der Waals surface area contributed by atoms with Crippen LogP contribution in [0.5, 0.6) is 0 Å². The SMILES string of the molecule is CC(=O)N/C(=C\c1ccccc1)C(=O)NC(Cc1ccc(F)cc1)C(=O)O. The number of amides is 2. The monoisotopic (exact) mass is 370 g/mol. The molecule has 0 aromatic heterocycles. The third-order valence-electron chi connectivity index (χ3n) is 3.62. The van der Waals surface area contributed by atoms with E-state index >= 15 is 0 Å². The second-order valence-corrected chi connectivity index (χ2v) is 5.84. The van der Waals surface area contributed by atoms with Crippen LogP contribution >= 0.6 is 0 Å². The van der Waals surface area contributed by atoms with Gasteiger partial charge in [-0.05, 0) is 29.3 Å². The number of carbonyl (C=O) groups is 3. The topological polar surface area (TPSA) is 95.5 Å². The number of halogens is 1. The molecule has 0 aliphatic heterocycles. The fraction of sp³-hybridized carbons (Fsp3) is 0.150. The van der Waals surface area contributed by atoms with E-state index in [1.165, 1.54) is 37.3 Å². The van der Waals surface area contributed by atoms with Crippen LogP contribution in [0.1, 0.15) is 18.1 Å². The number of aliphatic carboxylic acids is 1. The Hall–Kier alpha value is -3.48. The molecule has 1 atom stereocenters. The molecule has 0 heterocycles. The van der Waals surface area contributed by atoms with Crippen molar-refractivity contribution >= 4 is 23.9 Å². The van der Waals surface area contributed by atoms with E-state index in [9.17, 15) is 23.9 Å². The molecule has 140 valence electrons. The van der Waals surface area contributed by atoms with Crippen molar-refractivity contribution in [3.05, 3.63) is 77.2 Å². The number of nitrogens with one attached hydrogen (secondary N) is 2. The molecule has 0 radical (unpaired) electrons. The highest BCUT2D eigenvalue weighted by Crippen LogP contribution is 2.09. The lowest BCUT2D eigenvalue weighted by molar-refractivity contribution is -0.141. The van der Waals surface area contributed by atoms with Crippen molar-refractivity contribution < 1.29 is 23.9 Å². The first kappa shape index (κ1) is 19.8. The average molecular weight is 370 g/mol. The zero-order valence-corrected chi connectivity index (χ0v) is 14.6. The van der Waals surface area contributed by atoms with Crippen LogP contribution in [0.3, 0.4) is 0 Å². The Morgan fingerprint density at radius 3 is 2.26 bits per heavy atom. The van der Waals surface area contributed by atoms with Crippen molar-refractivity contribution in [2.45, 2.75) is 19.4 Å². The van der Waals surface area contributed by atoms with E-state index < -0.39 is 29.6 Å². The molecule has 0 saturated carbocycles. The first-order chi connectivity index (χ1) is 12.8. The fourth-order valence-corrected chi connectivity index (χ4v) is 2.36. The molecule has 0 aliphatic carbocycles. The minimum absolute atomic E-state index is 0.0277. The number of benzene rings is 2. The molecule has 0 bridgehead atoms. The number of hydrogen-bond acceptors (Lipinski definition) is 3. The lowest BCUT2D eigenvalue weighted by Crippen LogP contribution is -2.45. The Balaban J connectivity index is 2.19. The molecule has 0 aliphatic rings. The lowest BCUT2D eigenvalue weighted by atomic mass is 10.1. The summed E-state index contributed by atoms with van der Waals surface area (Å²) >= 11 is 0. The molecule has 2 amide bonds. The highest BCUT2D eigenvalue weighted by molar-refractivity contribution is 6.02. The summed E-state index contributed by atoms with van der Waals surface area (Å²) < 4.78 is 13.0. The van der Waals surface area contributed by atoms with Crippen molar-refractivity contribution in [2.24, 2.45) is 0 Å². The smallest absolute Gasteiger partial charge is 0.326 e. The van der Waals surface area contributed by atoms with E-state index in [1.807, 2.05) is 0 Å². The van der Waals surface area contributed by atoms with Gasteiger partial charge >= 0.3 is 5.97 Å². The van der Waals surface area contributed by atoms with Gasteiger partial charge in [0, 0.05) is 13.3 Å². The molecule has 2 aromatic rings. The summed E-state index contributed by atoms with van der Waals surface area (Å²) in [4.78, 5) is 35.4. The summed E-state index contributed by atoms with van der Waals surface area (Å²) in [5.74, 6) is -2.87. The summed E-state index contributed by atoms with van der Waals surface area (Å²) in [6.45, 7) is 1.25. The van der Waals surface area contributed by atoms with Gasteiger partial charge in [-0.2, -0.15) is 0 Å². The van der Waals surface area contributed by atoms with Crippen molar-refractivity contribution in [2.75, 3.05) is 0 Å². The first-order valence-electron chi connectivity index (χ1n) is 8.17. The quantitative estimate of drug-likeness (QED) is 0.651. The number of hydrogen-bond donors (Lipinski definition) is 3. The highest BCUT2D eigenvalue weighted by atomic mass is 19.1. The van der Waals surface area contributed by atoms with E-state index in [4.69, 9.17) is 0 Å². The fourth-order valence-electron chi connectivity index (χ4n) is 2.36. The molecule has 3 N–H and O–H groups in total. The summed E-state index contributed by atoms with van der Waals surface area (Å²) in [6.07, 6.45) is 1.42. The zero-order chi connectivity index (χ0) is 19.8. The van der Waals surface area contributed by atoms with Crippen molar-refractivity contribution in [1.82, 2.24) is 10.6 Å². The van der Waals surface area contributed by atoms with Crippen molar-refractivity contribution in [3.8, 4) is 0 Å². The highest BCUT2D eigenvalue weighted by Gasteiger charge is 2.23. The molecule has 0 saturated heterocycles. The van der Waals surface area contributed by atoms with Gasteiger partial charge in [0.1, 0.15) is 17.6 Å². The minimum atomic E-state index is -1.24. The summed E-state index contributed by atoms with van der Waals surface area (Å²) in [5.41, 5.74) is 1.15. The van der Waals surface area contributed by atoms with Crippen LogP contribution in [0.2, 0.25) is 0 Å². The molecule has 2 rings (SSSR count). The van der Waals surface area contributed by atoms with Gasteiger partial charge in [0.15, 0.2) is 0 Å². The standard InChI is InChI=1S/C20H19FN2O4/c1-13(24)22-17(11-14-5-3-2-4-6-14)19(25)23-18(20(26)27)12-15-7-9-16(21)10-8-15/h2-11,18H,12H2,1H3,(H,22,24)(H,23,25)(H,26,27)/b17-11-. The molecular weight excluding hydrogens is 351 g/mol. The average Bonchev–Trinajstić information content (AvgIpc) is 2.62. The third-order valence-corrected chi connectivity index (χ3v) is 3.62. The van der Waals surface area contributed by atoms with E-state index in [2.05, 4.69) is 10.6 Å². The van der Waals surface area contributed by atoms with Crippen LogP contribution in [0.25, 0.3) is 6.08 Å². The molecule has 0 fully saturated rings. The predicted molar refractivity (Wildman–Crippen MR) is 97.9 cm³/mol. The Labute approximate surface area is 155 Å². The van der Waals surface area contributed by atoms with Gasteiger partial charge in [0.05, 0.1) is 0 Å². The van der Waals surface area contributed by atoms with Gasteiger partial charge in [-0.15, -0.1) is 0 Å². The number of carbonyl (C=O) groups excluding carboxylic acids is 2. The predicted octanol–water partition coefficient (Wildman–Crippen LogP) is 2.11. The zero-order valence-electron chi connectivity index (χ0n) is 14.6. The van der Waals surface area contributed by atoms with Crippen molar-refractivity contribution in [1.29, 1.82) is 0 Å². The molecule has 0 spiro atoms. The van der Waals surface area contributed by atoms with Crippen LogP contribution in [0.15, 0.2) is 60.3 Å². The second kappa shape index (κ2) is 9.28. The van der Waals surface area contributed by atoms with Crippen LogP contribution < -0.4 is 10.6 Å². The van der Waals surface area contributed by atoms with E-state index in [1.54, 1.807) is 30.3 Å². The normalized spacial score (nSPS) is 12.1. The van der Waals surface area contributed by atoms with Crippen LogP contribution in [0, 0.1) is 5.82 Å². The maximum absolute atomic E-state index is 13.0. The number of carboxylic acids is 1. The summed E-state index contributed by atoms with van der Waals surface area (Å²) in [6, 6.07) is 12.9. The number of rotatable bonds is 7. The Morgan fingerprint density at radius 1 is 1.07 bits per heavy atom. The molecule has 7 heteroatoms. The summed E-state index contributed by atoms with van der Waals surface area (Å²) in [7, 11) is 0. The van der Waals surface area contributed by atoms with E-state index in [0.717, 1.165) is 0 Å². The molecule has 1 unspecified atom stereocenters. The maximum Gasteiger partial charge on any atom is 0.326 e. The third kappa shape index (κ3) is 6.39. The lowest BCUT2D eigenvalue weighted by Gasteiger charge is -2.16. The summed E-state index contributed by atoms with van der Waals surface area (Å²) in [5, 5.41) is 14.2. The van der Waals surface area contributed by atoms with Crippen LogP contribution in [-0.2, 0) is 20.8 Å². The maximum atomic E-state index is 13.0. The van der Waals surface area contributed by atoms with Gasteiger partial charge < -0.3 is 15.7 Å². The van der Waals surface area contributed by atoms with Gasteiger partial charge in [-0.25, -0.2) is 9.18 Å².